The lowest BCUT2D eigenvalue weighted by Gasteiger charge is -2.24. The van der Waals surface area contributed by atoms with Gasteiger partial charge in [-0.15, -0.1) is 0 Å². The molecule has 0 radical (unpaired) electrons. The zero-order valence-corrected chi connectivity index (χ0v) is 19.5. The van der Waals surface area contributed by atoms with Crippen molar-refractivity contribution in [2.24, 2.45) is 4.99 Å². The fraction of sp³-hybridized carbons (Fsp3) is 0.125. The Morgan fingerprint density at radius 3 is 2.68 bits per heavy atom. The summed E-state index contributed by atoms with van der Waals surface area (Å²) in [5, 5.41) is 11.9. The first-order valence-corrected chi connectivity index (χ1v) is 11.3. The topological polar surface area (TPSA) is 104 Å². The van der Waals surface area contributed by atoms with Crippen LogP contribution in [0.5, 0.6) is 0 Å². The Balaban J connectivity index is 1.96. The number of rotatable bonds is 6. The van der Waals surface area contributed by atoms with E-state index in [1.54, 1.807) is 49.4 Å². The van der Waals surface area contributed by atoms with Crippen LogP contribution in [0.2, 0.25) is 5.02 Å². The molecule has 1 aliphatic rings. The first-order chi connectivity index (χ1) is 16.3. The van der Waals surface area contributed by atoms with E-state index in [-0.39, 0.29) is 22.4 Å². The SMILES string of the molecule is C=CCOC(=O)C1=C(C)N=c2sc(=Cc3ccccc3[N+](=O)[O-])c(=O)n2C1c1ccc(Cl)cc1. The molecule has 0 aliphatic carbocycles. The van der Waals surface area contributed by atoms with Crippen LogP contribution in [0, 0.1) is 10.1 Å². The Bertz CT molecular complexity index is 1520. The molecule has 2 aromatic carbocycles. The smallest absolute Gasteiger partial charge is 0.338 e. The summed E-state index contributed by atoms with van der Waals surface area (Å²) in [6.07, 6.45) is 2.92. The number of carbonyl (C=O) groups is 1. The average Bonchev–Trinajstić information content (AvgIpc) is 3.11. The summed E-state index contributed by atoms with van der Waals surface area (Å²) < 4.78 is 6.94. The normalized spacial score (nSPS) is 15.5. The van der Waals surface area contributed by atoms with Gasteiger partial charge in [-0.1, -0.05) is 59.9 Å². The van der Waals surface area contributed by atoms with Crippen LogP contribution in [-0.2, 0) is 9.53 Å². The number of benzene rings is 2. The van der Waals surface area contributed by atoms with E-state index in [2.05, 4.69) is 11.6 Å². The number of nitro groups is 1. The fourth-order valence-corrected chi connectivity index (χ4v) is 4.84. The maximum Gasteiger partial charge on any atom is 0.338 e. The molecule has 0 saturated heterocycles. The van der Waals surface area contributed by atoms with E-state index in [0.717, 1.165) is 11.3 Å². The first kappa shape index (κ1) is 23.3. The third-order valence-corrected chi connectivity index (χ3v) is 6.41. The highest BCUT2D eigenvalue weighted by atomic mass is 35.5. The van der Waals surface area contributed by atoms with Crippen molar-refractivity contribution in [3.8, 4) is 0 Å². The van der Waals surface area contributed by atoms with Crippen LogP contribution in [0.3, 0.4) is 0 Å². The highest BCUT2D eigenvalue weighted by Gasteiger charge is 2.33. The second-order valence-corrected chi connectivity index (χ2v) is 8.78. The summed E-state index contributed by atoms with van der Waals surface area (Å²) in [6.45, 7) is 5.24. The minimum atomic E-state index is -0.807. The molecule has 2 heterocycles. The molecule has 8 nitrogen and oxygen atoms in total. The number of para-hydroxylation sites is 1. The number of aromatic nitrogens is 1. The maximum atomic E-state index is 13.5. The molecular weight excluding hydrogens is 478 g/mol. The van der Waals surface area contributed by atoms with Crippen molar-refractivity contribution in [2.75, 3.05) is 6.61 Å². The van der Waals surface area contributed by atoms with Gasteiger partial charge in [0.05, 0.1) is 32.3 Å². The van der Waals surface area contributed by atoms with Gasteiger partial charge in [0.15, 0.2) is 4.80 Å². The summed E-state index contributed by atoms with van der Waals surface area (Å²) in [7, 11) is 0. The van der Waals surface area contributed by atoms with Crippen molar-refractivity contribution < 1.29 is 14.5 Å². The van der Waals surface area contributed by atoms with Crippen LogP contribution in [0.15, 0.2) is 82.2 Å². The van der Waals surface area contributed by atoms with Gasteiger partial charge in [-0.25, -0.2) is 9.79 Å². The Hall–Kier alpha value is -3.82. The Morgan fingerprint density at radius 2 is 2.00 bits per heavy atom. The number of ether oxygens (including phenoxy) is 1. The molecular formula is C24H18ClN3O5S. The maximum absolute atomic E-state index is 13.5. The number of hydrogen-bond donors (Lipinski definition) is 0. The quantitative estimate of drug-likeness (QED) is 0.225. The number of nitro benzene ring substituents is 1. The molecule has 0 saturated carbocycles. The predicted molar refractivity (Wildman–Crippen MR) is 129 cm³/mol. The third kappa shape index (κ3) is 4.35. The van der Waals surface area contributed by atoms with Gasteiger partial charge in [-0.2, -0.15) is 0 Å². The standard InChI is InChI=1S/C24H18ClN3O5S/c1-3-12-33-23(30)20-14(2)26-24-27(21(20)15-8-10-17(25)11-9-15)22(29)19(34-24)13-16-6-4-5-7-18(16)28(31)32/h3-11,13,21H,1,12H2,2H3. The zero-order valence-electron chi connectivity index (χ0n) is 17.9. The third-order valence-electron chi connectivity index (χ3n) is 5.18. The van der Waals surface area contributed by atoms with E-state index in [9.17, 15) is 19.7 Å². The molecule has 1 unspecified atom stereocenters. The second kappa shape index (κ2) is 9.58. The van der Waals surface area contributed by atoms with Crippen molar-refractivity contribution in [1.82, 2.24) is 4.57 Å². The van der Waals surface area contributed by atoms with E-state index in [1.165, 1.54) is 22.8 Å². The number of fused-ring (bicyclic) bond motifs is 1. The molecule has 1 aromatic heterocycles. The Kier molecular flexibility index (Phi) is 6.58. The number of allylic oxidation sites excluding steroid dienone is 1. The summed E-state index contributed by atoms with van der Waals surface area (Å²) >= 11 is 7.14. The van der Waals surface area contributed by atoms with E-state index in [1.807, 2.05) is 0 Å². The van der Waals surface area contributed by atoms with Crippen LogP contribution in [0.4, 0.5) is 5.69 Å². The number of nitrogens with zero attached hydrogens (tertiary/aromatic N) is 3. The highest BCUT2D eigenvalue weighted by molar-refractivity contribution is 7.07. The molecule has 10 heteroatoms. The van der Waals surface area contributed by atoms with E-state index >= 15 is 0 Å². The molecule has 4 rings (SSSR count). The first-order valence-electron chi connectivity index (χ1n) is 10.1. The summed E-state index contributed by atoms with van der Waals surface area (Å²) in [5.74, 6) is -0.617. The van der Waals surface area contributed by atoms with Gasteiger partial charge in [0, 0.05) is 11.1 Å². The van der Waals surface area contributed by atoms with Gasteiger partial charge < -0.3 is 4.74 Å². The molecule has 34 heavy (non-hydrogen) atoms. The van der Waals surface area contributed by atoms with Gasteiger partial charge in [0.1, 0.15) is 6.61 Å². The number of halogens is 1. The second-order valence-electron chi connectivity index (χ2n) is 7.34. The van der Waals surface area contributed by atoms with Gasteiger partial charge in [-0.3, -0.25) is 19.5 Å². The van der Waals surface area contributed by atoms with Gasteiger partial charge in [-0.05, 0) is 36.8 Å². The summed E-state index contributed by atoms with van der Waals surface area (Å²) in [5.41, 5.74) is 1.02. The van der Waals surface area contributed by atoms with E-state index in [0.29, 0.717) is 26.6 Å². The van der Waals surface area contributed by atoms with Gasteiger partial charge >= 0.3 is 5.97 Å². The number of hydrogen-bond acceptors (Lipinski definition) is 7. The van der Waals surface area contributed by atoms with Crippen LogP contribution in [-0.4, -0.2) is 22.1 Å². The highest BCUT2D eigenvalue weighted by Crippen LogP contribution is 2.31. The molecule has 0 spiro atoms. The van der Waals surface area contributed by atoms with Crippen molar-refractivity contribution in [2.45, 2.75) is 13.0 Å². The molecule has 0 amide bonds. The molecule has 1 aliphatic heterocycles. The van der Waals surface area contributed by atoms with Crippen molar-refractivity contribution in [1.29, 1.82) is 0 Å². The predicted octanol–water partition coefficient (Wildman–Crippen LogP) is 3.53. The molecule has 1 atom stereocenters. The molecule has 172 valence electrons. The molecule has 0 bridgehead atoms. The fourth-order valence-electron chi connectivity index (χ4n) is 3.67. The number of thiazole rings is 1. The van der Waals surface area contributed by atoms with Crippen molar-refractivity contribution >= 4 is 40.7 Å². The lowest BCUT2D eigenvalue weighted by atomic mass is 9.96. The zero-order chi connectivity index (χ0) is 24.4. The number of esters is 1. The van der Waals surface area contributed by atoms with Crippen molar-refractivity contribution in [3.05, 3.63) is 118 Å². The van der Waals surface area contributed by atoms with Crippen LogP contribution >= 0.6 is 22.9 Å². The van der Waals surface area contributed by atoms with E-state index < -0.39 is 22.5 Å². The van der Waals surface area contributed by atoms with Crippen LogP contribution in [0.1, 0.15) is 24.1 Å². The summed E-state index contributed by atoms with van der Waals surface area (Å²) in [4.78, 5) is 42.2. The largest absolute Gasteiger partial charge is 0.458 e. The molecule has 0 N–H and O–H groups in total. The number of carbonyl (C=O) groups excluding carboxylic acids is 1. The monoisotopic (exact) mass is 495 g/mol. The average molecular weight is 496 g/mol. The lowest BCUT2D eigenvalue weighted by molar-refractivity contribution is -0.385. The van der Waals surface area contributed by atoms with Crippen LogP contribution in [0.25, 0.3) is 6.08 Å². The summed E-state index contributed by atoms with van der Waals surface area (Å²) in [6, 6.07) is 12.1. The van der Waals surface area contributed by atoms with E-state index in [4.69, 9.17) is 16.3 Å². The van der Waals surface area contributed by atoms with Crippen molar-refractivity contribution in [3.63, 3.8) is 0 Å². The minimum Gasteiger partial charge on any atom is -0.458 e. The molecule has 0 fully saturated rings. The lowest BCUT2D eigenvalue weighted by Crippen LogP contribution is -2.39. The minimum absolute atomic E-state index is 0.00501. The Morgan fingerprint density at radius 1 is 1.29 bits per heavy atom. The van der Waals surface area contributed by atoms with Crippen LogP contribution < -0.4 is 14.9 Å². The van der Waals surface area contributed by atoms with Gasteiger partial charge in [0.25, 0.3) is 11.2 Å². The van der Waals surface area contributed by atoms with Gasteiger partial charge in [0.2, 0.25) is 0 Å². The Labute approximate surface area is 202 Å². The molecule has 3 aromatic rings.